The van der Waals surface area contributed by atoms with Crippen LogP contribution in [0.4, 0.5) is 5.69 Å². The first-order valence-electron chi connectivity index (χ1n) is 6.36. The molecule has 3 N–H and O–H groups in total. The maximum absolute atomic E-state index is 6.04. The molecule has 2 bridgehead atoms. The molecule has 2 aliphatic carbocycles. The first-order chi connectivity index (χ1) is 7.82. The van der Waals surface area contributed by atoms with Crippen LogP contribution < -0.4 is 11.1 Å². The normalized spacial score (nSPS) is 36.6. The molecule has 0 aromatic heterocycles. The highest BCUT2D eigenvalue weighted by Gasteiger charge is 2.50. The lowest BCUT2D eigenvalue weighted by Crippen LogP contribution is -2.49. The third-order valence-corrected chi connectivity index (χ3v) is 4.51. The predicted molar refractivity (Wildman–Crippen MR) is 67.3 cm³/mol. The van der Waals surface area contributed by atoms with Crippen LogP contribution in [0.15, 0.2) is 30.3 Å². The molecule has 0 heterocycles. The summed E-state index contributed by atoms with van der Waals surface area (Å²) in [5, 5.41) is 3.71. The molecule has 3 atom stereocenters. The summed E-state index contributed by atoms with van der Waals surface area (Å²) in [6, 6.07) is 10.5. The Kier molecular flexibility index (Phi) is 2.40. The Hall–Kier alpha value is -1.02. The number of rotatable bonds is 3. The highest BCUT2D eigenvalue weighted by Crippen LogP contribution is 2.51. The third-order valence-electron chi connectivity index (χ3n) is 4.51. The second-order valence-corrected chi connectivity index (χ2v) is 5.43. The van der Waals surface area contributed by atoms with Crippen molar-refractivity contribution in [2.24, 2.45) is 17.6 Å². The molecule has 0 amide bonds. The molecular formula is C14H20N2. The molecule has 0 saturated heterocycles. The van der Waals surface area contributed by atoms with Crippen LogP contribution in [0.25, 0.3) is 0 Å². The van der Waals surface area contributed by atoms with Gasteiger partial charge in [-0.25, -0.2) is 0 Å². The average molecular weight is 216 g/mol. The summed E-state index contributed by atoms with van der Waals surface area (Å²) in [5.41, 5.74) is 7.45. The van der Waals surface area contributed by atoms with Crippen molar-refractivity contribution in [3.8, 4) is 0 Å². The number of nitrogens with one attached hydrogen (secondary N) is 1. The Morgan fingerprint density at radius 2 is 2.06 bits per heavy atom. The summed E-state index contributed by atoms with van der Waals surface area (Å²) < 4.78 is 0. The molecule has 1 aromatic rings. The summed E-state index contributed by atoms with van der Waals surface area (Å²) in [5.74, 6) is 1.72. The maximum Gasteiger partial charge on any atom is 0.0526 e. The number of para-hydroxylation sites is 1. The topological polar surface area (TPSA) is 38.0 Å². The van der Waals surface area contributed by atoms with Crippen molar-refractivity contribution >= 4 is 5.69 Å². The Bertz CT molecular complexity index is 362. The van der Waals surface area contributed by atoms with Crippen LogP contribution in [0.1, 0.15) is 25.7 Å². The van der Waals surface area contributed by atoms with E-state index in [9.17, 15) is 0 Å². The molecule has 2 nitrogen and oxygen atoms in total. The van der Waals surface area contributed by atoms with E-state index >= 15 is 0 Å². The number of hydrogen-bond acceptors (Lipinski definition) is 2. The summed E-state index contributed by atoms with van der Waals surface area (Å²) in [7, 11) is 0. The van der Waals surface area contributed by atoms with Crippen molar-refractivity contribution in [1.29, 1.82) is 0 Å². The van der Waals surface area contributed by atoms with E-state index in [4.69, 9.17) is 5.73 Å². The van der Waals surface area contributed by atoms with Crippen molar-refractivity contribution in [3.05, 3.63) is 30.3 Å². The predicted octanol–water partition coefficient (Wildman–Crippen LogP) is 2.62. The van der Waals surface area contributed by atoms with Crippen molar-refractivity contribution in [3.63, 3.8) is 0 Å². The molecule has 0 aliphatic heterocycles. The maximum atomic E-state index is 6.04. The van der Waals surface area contributed by atoms with E-state index in [1.807, 2.05) is 0 Å². The van der Waals surface area contributed by atoms with Gasteiger partial charge in [-0.1, -0.05) is 18.2 Å². The van der Waals surface area contributed by atoms with Gasteiger partial charge in [0.2, 0.25) is 0 Å². The van der Waals surface area contributed by atoms with Crippen molar-refractivity contribution < 1.29 is 0 Å². The number of fused-ring (bicyclic) bond motifs is 2. The molecule has 86 valence electrons. The van der Waals surface area contributed by atoms with Gasteiger partial charge in [0, 0.05) is 12.2 Å². The lowest BCUT2D eigenvalue weighted by Gasteiger charge is -2.38. The van der Waals surface area contributed by atoms with E-state index in [0.29, 0.717) is 0 Å². The van der Waals surface area contributed by atoms with E-state index in [0.717, 1.165) is 18.4 Å². The Balaban J connectivity index is 1.82. The van der Waals surface area contributed by atoms with Crippen LogP contribution in [-0.2, 0) is 0 Å². The summed E-state index contributed by atoms with van der Waals surface area (Å²) in [4.78, 5) is 0. The van der Waals surface area contributed by atoms with E-state index in [1.54, 1.807) is 0 Å². The molecular weight excluding hydrogens is 196 g/mol. The largest absolute Gasteiger partial charge is 0.378 e. The molecule has 16 heavy (non-hydrogen) atoms. The van der Waals surface area contributed by atoms with Gasteiger partial charge in [0.25, 0.3) is 0 Å². The summed E-state index contributed by atoms with van der Waals surface area (Å²) in [6.07, 6.45) is 5.44. The number of benzene rings is 1. The van der Waals surface area contributed by atoms with Gasteiger partial charge in [0.05, 0.1) is 5.54 Å². The van der Waals surface area contributed by atoms with Crippen LogP contribution in [0.3, 0.4) is 0 Å². The molecule has 3 rings (SSSR count). The zero-order chi connectivity index (χ0) is 11.0. The second-order valence-electron chi connectivity index (χ2n) is 5.43. The van der Waals surface area contributed by atoms with Crippen molar-refractivity contribution in [2.75, 3.05) is 11.9 Å². The minimum absolute atomic E-state index is 0.185. The van der Waals surface area contributed by atoms with Crippen molar-refractivity contribution in [2.45, 2.75) is 31.2 Å². The minimum atomic E-state index is 0.185. The molecule has 2 saturated carbocycles. The monoisotopic (exact) mass is 216 g/mol. The molecule has 2 fully saturated rings. The SMILES string of the molecule is NCC1(Nc2ccccc2)CC2CCC1C2. The summed E-state index contributed by atoms with van der Waals surface area (Å²) >= 11 is 0. The highest BCUT2D eigenvalue weighted by atomic mass is 15.0. The van der Waals surface area contributed by atoms with Gasteiger partial charge >= 0.3 is 0 Å². The Morgan fingerprint density at radius 1 is 1.25 bits per heavy atom. The molecule has 2 heteroatoms. The number of anilines is 1. The molecule has 0 radical (unpaired) electrons. The van der Waals surface area contributed by atoms with Crippen molar-refractivity contribution in [1.82, 2.24) is 0 Å². The highest BCUT2D eigenvalue weighted by molar-refractivity contribution is 5.46. The Morgan fingerprint density at radius 3 is 2.62 bits per heavy atom. The van der Waals surface area contributed by atoms with Gasteiger partial charge in [-0.15, -0.1) is 0 Å². The first-order valence-corrected chi connectivity index (χ1v) is 6.36. The van der Waals surface area contributed by atoms with Crippen LogP contribution >= 0.6 is 0 Å². The standard InChI is InChI=1S/C14H20N2/c15-10-14(9-11-6-7-12(14)8-11)16-13-4-2-1-3-5-13/h1-5,11-12,16H,6-10,15H2. The summed E-state index contributed by atoms with van der Waals surface area (Å²) in [6.45, 7) is 0.767. The molecule has 3 unspecified atom stereocenters. The van der Waals surface area contributed by atoms with Gasteiger partial charge in [-0.3, -0.25) is 0 Å². The van der Waals surface area contributed by atoms with E-state index in [-0.39, 0.29) is 5.54 Å². The number of nitrogens with two attached hydrogens (primary N) is 1. The van der Waals surface area contributed by atoms with Crippen LogP contribution in [-0.4, -0.2) is 12.1 Å². The van der Waals surface area contributed by atoms with Gasteiger partial charge in [0.1, 0.15) is 0 Å². The fourth-order valence-electron chi connectivity index (χ4n) is 3.71. The molecule has 1 aromatic carbocycles. The molecule has 2 aliphatic rings. The quantitative estimate of drug-likeness (QED) is 0.815. The van der Waals surface area contributed by atoms with Gasteiger partial charge in [0.15, 0.2) is 0 Å². The van der Waals surface area contributed by atoms with E-state index < -0.39 is 0 Å². The van der Waals surface area contributed by atoms with Crippen LogP contribution in [0.5, 0.6) is 0 Å². The first kappa shape index (κ1) is 10.2. The van der Waals surface area contributed by atoms with Gasteiger partial charge in [-0.2, -0.15) is 0 Å². The van der Waals surface area contributed by atoms with Gasteiger partial charge in [-0.05, 0) is 49.7 Å². The average Bonchev–Trinajstić information content (AvgIpc) is 2.91. The fraction of sp³-hybridized carbons (Fsp3) is 0.571. The zero-order valence-corrected chi connectivity index (χ0v) is 9.65. The lowest BCUT2D eigenvalue weighted by molar-refractivity contribution is 0.306. The number of hydrogen-bond donors (Lipinski definition) is 2. The second kappa shape index (κ2) is 3.77. The van der Waals surface area contributed by atoms with E-state index in [1.165, 1.54) is 31.4 Å². The fourth-order valence-corrected chi connectivity index (χ4v) is 3.71. The third kappa shape index (κ3) is 1.52. The Labute approximate surface area is 97.2 Å². The van der Waals surface area contributed by atoms with Crippen LogP contribution in [0, 0.1) is 11.8 Å². The smallest absolute Gasteiger partial charge is 0.0526 e. The molecule has 0 spiro atoms. The minimum Gasteiger partial charge on any atom is -0.378 e. The van der Waals surface area contributed by atoms with Crippen LogP contribution in [0.2, 0.25) is 0 Å². The van der Waals surface area contributed by atoms with E-state index in [2.05, 4.69) is 35.6 Å². The van der Waals surface area contributed by atoms with Gasteiger partial charge < -0.3 is 11.1 Å². The zero-order valence-electron chi connectivity index (χ0n) is 9.65. The lowest BCUT2D eigenvalue weighted by atomic mass is 9.80.